The van der Waals surface area contributed by atoms with Crippen molar-refractivity contribution in [2.24, 2.45) is 18.9 Å². The van der Waals surface area contributed by atoms with Crippen LogP contribution in [0.3, 0.4) is 0 Å². The Morgan fingerprint density at radius 3 is 2.46 bits per heavy atom. The molecule has 4 rings (SSSR count). The second kappa shape index (κ2) is 7.91. The predicted octanol–water partition coefficient (Wildman–Crippen LogP) is 4.72. The van der Waals surface area contributed by atoms with E-state index in [1.165, 1.54) is 50.6 Å². The zero-order chi connectivity index (χ0) is 16.9. The van der Waals surface area contributed by atoms with Gasteiger partial charge in [0.25, 0.3) is 0 Å². The Balaban J connectivity index is 0.000000203. The molecule has 0 aliphatic heterocycles. The fraction of sp³-hybridized carbons (Fsp3) is 0.650. The fourth-order valence-electron chi connectivity index (χ4n) is 3.43. The lowest BCUT2D eigenvalue weighted by atomic mass is 9.91. The quantitative estimate of drug-likeness (QED) is 0.819. The molecule has 2 aromatic heterocycles. The molecule has 2 heterocycles. The Morgan fingerprint density at radius 1 is 1.12 bits per heavy atom. The van der Waals surface area contributed by atoms with E-state index in [0.29, 0.717) is 0 Å². The first-order valence-electron chi connectivity index (χ1n) is 9.44. The number of hydrogen-bond donors (Lipinski definition) is 0. The summed E-state index contributed by atoms with van der Waals surface area (Å²) in [4.78, 5) is 8.62. The van der Waals surface area contributed by atoms with Gasteiger partial charge in [-0.2, -0.15) is 5.10 Å². The van der Waals surface area contributed by atoms with E-state index in [0.717, 1.165) is 35.3 Å². The Bertz CT molecular complexity index is 651. The molecule has 0 amide bonds. The van der Waals surface area contributed by atoms with Crippen molar-refractivity contribution in [1.29, 1.82) is 0 Å². The van der Waals surface area contributed by atoms with Gasteiger partial charge in [0.15, 0.2) is 0 Å². The summed E-state index contributed by atoms with van der Waals surface area (Å²) in [5, 5.41) is 4.36. The maximum absolute atomic E-state index is 4.48. The van der Waals surface area contributed by atoms with Gasteiger partial charge in [-0.15, -0.1) is 0 Å². The van der Waals surface area contributed by atoms with Crippen LogP contribution in [-0.4, -0.2) is 19.7 Å². The van der Waals surface area contributed by atoms with Crippen molar-refractivity contribution in [2.75, 3.05) is 0 Å². The van der Waals surface area contributed by atoms with Crippen molar-refractivity contribution >= 4 is 0 Å². The Kier molecular flexibility index (Phi) is 5.64. The summed E-state index contributed by atoms with van der Waals surface area (Å²) in [7, 11) is 2.01. The molecule has 0 aromatic carbocycles. The molecule has 2 saturated carbocycles. The lowest BCUT2D eigenvalue weighted by Crippen LogP contribution is -2.01. The molecule has 2 aromatic rings. The minimum Gasteiger partial charge on any atom is -0.272 e. The number of aromatic nitrogens is 4. The molecule has 2 fully saturated rings. The van der Waals surface area contributed by atoms with Gasteiger partial charge >= 0.3 is 0 Å². The standard InChI is InChI=1S/C13H16N4.C7H14/c1-9-14-6-5-12(16-9)11-8-15-17(2)13(11)7-10-3-4-10;1-7-5-3-2-4-6-7/h5-6,8,10H,3-4,7H2,1-2H3;7H,2-6H2,1H3. The van der Waals surface area contributed by atoms with E-state index >= 15 is 0 Å². The first-order valence-corrected chi connectivity index (χ1v) is 9.44. The predicted molar refractivity (Wildman–Crippen MR) is 97.6 cm³/mol. The van der Waals surface area contributed by atoms with E-state index in [4.69, 9.17) is 0 Å². The molecule has 0 atom stereocenters. The van der Waals surface area contributed by atoms with Crippen LogP contribution in [0.15, 0.2) is 18.5 Å². The highest BCUT2D eigenvalue weighted by molar-refractivity contribution is 5.61. The summed E-state index contributed by atoms with van der Waals surface area (Å²) in [6.45, 7) is 4.28. The van der Waals surface area contributed by atoms with E-state index in [2.05, 4.69) is 22.0 Å². The summed E-state index contributed by atoms with van der Waals surface area (Å²) >= 11 is 0. The van der Waals surface area contributed by atoms with Gasteiger partial charge in [0, 0.05) is 24.5 Å². The van der Waals surface area contributed by atoms with Gasteiger partial charge in [0.1, 0.15) is 5.82 Å². The van der Waals surface area contributed by atoms with Crippen LogP contribution in [0, 0.1) is 18.8 Å². The molecule has 0 N–H and O–H groups in total. The highest BCUT2D eigenvalue weighted by atomic mass is 15.3. The third kappa shape index (κ3) is 4.65. The molecule has 2 aliphatic rings. The Hall–Kier alpha value is -1.71. The van der Waals surface area contributed by atoms with E-state index in [1.807, 2.05) is 37.1 Å². The number of aryl methyl sites for hydroxylation is 2. The molecule has 0 spiro atoms. The minimum absolute atomic E-state index is 0.809. The summed E-state index contributed by atoms with van der Waals surface area (Å²) in [5.41, 5.74) is 3.44. The van der Waals surface area contributed by atoms with E-state index < -0.39 is 0 Å². The summed E-state index contributed by atoms with van der Waals surface area (Å²) in [6.07, 6.45) is 15.0. The molecule has 0 bridgehead atoms. The first-order chi connectivity index (χ1) is 11.6. The lowest BCUT2D eigenvalue weighted by Gasteiger charge is -2.15. The largest absolute Gasteiger partial charge is 0.272 e. The maximum atomic E-state index is 4.48. The van der Waals surface area contributed by atoms with Crippen LogP contribution in [0.5, 0.6) is 0 Å². The summed E-state index contributed by atoms with van der Waals surface area (Å²) in [5.74, 6) is 2.70. The van der Waals surface area contributed by atoms with Gasteiger partial charge in [-0.1, -0.05) is 39.0 Å². The van der Waals surface area contributed by atoms with Crippen LogP contribution in [-0.2, 0) is 13.5 Å². The van der Waals surface area contributed by atoms with Crippen molar-refractivity contribution in [3.05, 3.63) is 30.0 Å². The van der Waals surface area contributed by atoms with Crippen LogP contribution >= 0.6 is 0 Å². The number of hydrogen-bond acceptors (Lipinski definition) is 3. The number of nitrogens with zero attached hydrogens (tertiary/aromatic N) is 4. The maximum Gasteiger partial charge on any atom is 0.125 e. The van der Waals surface area contributed by atoms with Gasteiger partial charge < -0.3 is 0 Å². The highest BCUT2D eigenvalue weighted by Gasteiger charge is 2.25. The molecule has 0 radical (unpaired) electrons. The molecule has 24 heavy (non-hydrogen) atoms. The average Bonchev–Trinajstić information content (AvgIpc) is 3.32. The highest BCUT2D eigenvalue weighted by Crippen LogP contribution is 2.35. The average molecular weight is 326 g/mol. The van der Waals surface area contributed by atoms with Gasteiger partial charge in [-0.3, -0.25) is 4.68 Å². The lowest BCUT2D eigenvalue weighted by molar-refractivity contribution is 0.385. The molecule has 4 nitrogen and oxygen atoms in total. The van der Waals surface area contributed by atoms with Crippen LogP contribution < -0.4 is 0 Å². The van der Waals surface area contributed by atoms with Crippen LogP contribution in [0.2, 0.25) is 0 Å². The Labute approximate surface area is 145 Å². The van der Waals surface area contributed by atoms with Crippen LogP contribution in [0.1, 0.15) is 63.4 Å². The fourth-order valence-corrected chi connectivity index (χ4v) is 3.43. The molecule has 2 aliphatic carbocycles. The summed E-state index contributed by atoms with van der Waals surface area (Å²) < 4.78 is 1.98. The van der Waals surface area contributed by atoms with Crippen LogP contribution in [0.4, 0.5) is 0 Å². The van der Waals surface area contributed by atoms with E-state index in [-0.39, 0.29) is 0 Å². The van der Waals surface area contributed by atoms with Gasteiger partial charge in [-0.25, -0.2) is 9.97 Å². The SMILES string of the molecule is CC1CCCCC1.Cc1nccc(-c2cnn(C)c2CC2CC2)n1. The van der Waals surface area contributed by atoms with Crippen molar-refractivity contribution < 1.29 is 0 Å². The third-order valence-corrected chi connectivity index (χ3v) is 5.19. The Morgan fingerprint density at radius 2 is 1.88 bits per heavy atom. The molecule has 0 unspecified atom stereocenters. The van der Waals surface area contributed by atoms with Crippen molar-refractivity contribution in [1.82, 2.24) is 19.7 Å². The smallest absolute Gasteiger partial charge is 0.125 e. The zero-order valence-corrected chi connectivity index (χ0v) is 15.3. The topological polar surface area (TPSA) is 43.6 Å². The second-order valence-corrected chi connectivity index (χ2v) is 7.51. The second-order valence-electron chi connectivity index (χ2n) is 7.51. The van der Waals surface area contributed by atoms with E-state index in [1.54, 1.807) is 0 Å². The number of rotatable bonds is 3. The van der Waals surface area contributed by atoms with Gasteiger partial charge in [0.05, 0.1) is 11.9 Å². The van der Waals surface area contributed by atoms with E-state index in [9.17, 15) is 0 Å². The monoisotopic (exact) mass is 326 g/mol. The molecule has 130 valence electrons. The van der Waals surface area contributed by atoms with Crippen molar-refractivity contribution in [3.63, 3.8) is 0 Å². The van der Waals surface area contributed by atoms with Crippen molar-refractivity contribution in [2.45, 2.75) is 65.2 Å². The van der Waals surface area contributed by atoms with Gasteiger partial charge in [-0.05, 0) is 44.1 Å². The van der Waals surface area contributed by atoms with Gasteiger partial charge in [0.2, 0.25) is 0 Å². The van der Waals surface area contributed by atoms with Crippen molar-refractivity contribution in [3.8, 4) is 11.3 Å². The third-order valence-electron chi connectivity index (χ3n) is 5.19. The normalized spacial score (nSPS) is 18.1. The van der Waals surface area contributed by atoms with Crippen LogP contribution in [0.25, 0.3) is 11.3 Å². The minimum atomic E-state index is 0.809. The summed E-state index contributed by atoms with van der Waals surface area (Å²) in [6, 6.07) is 1.96. The molecular formula is C20H30N4. The molecular weight excluding hydrogens is 296 g/mol. The molecule has 4 heteroatoms. The first kappa shape index (κ1) is 17.1. The molecule has 0 saturated heterocycles. The zero-order valence-electron chi connectivity index (χ0n) is 15.3.